The van der Waals surface area contributed by atoms with Gasteiger partial charge in [0.1, 0.15) is 11.5 Å². The monoisotopic (exact) mass is 345 g/mol. The summed E-state index contributed by atoms with van der Waals surface area (Å²) in [6.45, 7) is 4.68. The van der Waals surface area contributed by atoms with Crippen LogP contribution in [0.5, 0.6) is 0 Å². The molecule has 0 bridgehead atoms. The Morgan fingerprint density at radius 3 is 2.79 bits per heavy atom. The van der Waals surface area contributed by atoms with E-state index in [1.807, 2.05) is 29.3 Å². The zero-order valence-electron chi connectivity index (χ0n) is 14.0. The number of rotatable bonds is 5. The topological polar surface area (TPSA) is 58.4 Å². The van der Waals surface area contributed by atoms with E-state index >= 15 is 0 Å². The van der Waals surface area contributed by atoms with Crippen molar-refractivity contribution in [2.24, 2.45) is 5.92 Å². The summed E-state index contributed by atoms with van der Waals surface area (Å²) in [4.78, 5) is 19.1. The highest BCUT2D eigenvalue weighted by molar-refractivity contribution is 7.13. The predicted molar refractivity (Wildman–Crippen MR) is 94.2 cm³/mol. The van der Waals surface area contributed by atoms with E-state index in [4.69, 9.17) is 4.42 Å². The highest BCUT2D eigenvalue weighted by atomic mass is 32.1. The van der Waals surface area contributed by atoms with E-state index in [1.165, 1.54) is 24.2 Å². The number of amides is 1. The van der Waals surface area contributed by atoms with E-state index in [9.17, 15) is 4.79 Å². The van der Waals surface area contributed by atoms with Gasteiger partial charge in [-0.05, 0) is 57.2 Å². The second-order valence-electron chi connectivity index (χ2n) is 6.87. The third-order valence-corrected chi connectivity index (χ3v) is 5.71. The Kier molecular flexibility index (Phi) is 4.41. The molecule has 4 rings (SSSR count). The zero-order valence-corrected chi connectivity index (χ0v) is 14.8. The molecule has 5 nitrogen and oxygen atoms in total. The van der Waals surface area contributed by atoms with E-state index in [-0.39, 0.29) is 5.91 Å². The van der Waals surface area contributed by atoms with E-state index < -0.39 is 0 Å². The molecule has 1 amide bonds. The lowest BCUT2D eigenvalue weighted by molar-refractivity contribution is 0.0700. The van der Waals surface area contributed by atoms with Gasteiger partial charge in [-0.15, -0.1) is 11.3 Å². The van der Waals surface area contributed by atoms with Crippen molar-refractivity contribution in [2.45, 2.75) is 38.6 Å². The van der Waals surface area contributed by atoms with E-state index in [1.54, 1.807) is 0 Å². The van der Waals surface area contributed by atoms with Crippen molar-refractivity contribution in [3.63, 3.8) is 0 Å². The number of carbonyl (C=O) groups is 1. The quantitative estimate of drug-likeness (QED) is 0.903. The summed E-state index contributed by atoms with van der Waals surface area (Å²) in [5.74, 6) is 2.54. The third kappa shape index (κ3) is 3.54. The molecule has 1 N–H and O–H groups in total. The second kappa shape index (κ2) is 6.69. The molecule has 0 atom stereocenters. The van der Waals surface area contributed by atoms with Gasteiger partial charge in [0.25, 0.3) is 5.91 Å². The summed E-state index contributed by atoms with van der Waals surface area (Å²) in [5.41, 5.74) is 0.536. The maximum Gasteiger partial charge on any atom is 0.273 e. The van der Waals surface area contributed by atoms with Crippen LogP contribution in [-0.4, -0.2) is 41.5 Å². The van der Waals surface area contributed by atoms with E-state index in [2.05, 4.69) is 10.3 Å². The lowest BCUT2D eigenvalue weighted by atomic mass is 10.0. The smallest absolute Gasteiger partial charge is 0.273 e. The van der Waals surface area contributed by atoms with Crippen LogP contribution in [-0.2, 0) is 0 Å². The molecule has 0 radical (unpaired) electrons. The number of aromatic nitrogens is 1. The summed E-state index contributed by atoms with van der Waals surface area (Å²) in [6.07, 6.45) is 4.83. The highest BCUT2D eigenvalue weighted by Crippen LogP contribution is 2.28. The Morgan fingerprint density at radius 1 is 1.33 bits per heavy atom. The average Bonchev–Trinajstić information content (AvgIpc) is 3.12. The molecule has 3 heterocycles. The SMILES string of the molecule is Cc1ccc(-c2nc(C(=O)N3CCC(NCC4CC4)CC3)cs2)o1. The minimum absolute atomic E-state index is 0.0430. The Morgan fingerprint density at radius 2 is 2.12 bits per heavy atom. The number of nitrogens with one attached hydrogen (secondary N) is 1. The minimum atomic E-state index is 0.0430. The van der Waals surface area contributed by atoms with Crippen LogP contribution in [0.25, 0.3) is 10.8 Å². The molecule has 2 aliphatic rings. The number of aryl methyl sites for hydroxylation is 1. The lowest BCUT2D eigenvalue weighted by Gasteiger charge is -2.32. The maximum atomic E-state index is 12.7. The number of hydrogen-bond donors (Lipinski definition) is 1. The van der Waals surface area contributed by atoms with Crippen LogP contribution in [0.1, 0.15) is 41.9 Å². The summed E-state index contributed by atoms with van der Waals surface area (Å²) < 4.78 is 5.59. The lowest BCUT2D eigenvalue weighted by Crippen LogP contribution is -2.45. The van der Waals surface area contributed by atoms with Gasteiger partial charge >= 0.3 is 0 Å². The number of piperidine rings is 1. The first-order chi connectivity index (χ1) is 11.7. The molecular weight excluding hydrogens is 322 g/mol. The minimum Gasteiger partial charge on any atom is -0.459 e. The largest absolute Gasteiger partial charge is 0.459 e. The van der Waals surface area contributed by atoms with Crippen molar-refractivity contribution in [1.82, 2.24) is 15.2 Å². The third-order valence-electron chi connectivity index (χ3n) is 4.85. The normalized spacial score (nSPS) is 19.0. The second-order valence-corrected chi connectivity index (χ2v) is 7.72. The maximum absolute atomic E-state index is 12.7. The number of carbonyl (C=O) groups excluding carboxylic acids is 1. The Labute approximate surface area is 146 Å². The molecule has 0 unspecified atom stereocenters. The molecule has 24 heavy (non-hydrogen) atoms. The van der Waals surface area contributed by atoms with Gasteiger partial charge in [-0.3, -0.25) is 4.79 Å². The highest BCUT2D eigenvalue weighted by Gasteiger charge is 2.27. The van der Waals surface area contributed by atoms with Crippen molar-refractivity contribution >= 4 is 17.2 Å². The molecule has 1 aliphatic carbocycles. The predicted octanol–water partition coefficient (Wildman–Crippen LogP) is 3.32. The molecule has 1 saturated heterocycles. The van der Waals surface area contributed by atoms with Crippen LogP contribution in [0.4, 0.5) is 0 Å². The fraction of sp³-hybridized carbons (Fsp3) is 0.556. The van der Waals surface area contributed by atoms with Gasteiger partial charge in [0.15, 0.2) is 10.8 Å². The number of thiazole rings is 1. The summed E-state index contributed by atoms with van der Waals surface area (Å²) in [6, 6.07) is 4.38. The van der Waals surface area contributed by atoms with Crippen molar-refractivity contribution < 1.29 is 9.21 Å². The van der Waals surface area contributed by atoms with Gasteiger partial charge < -0.3 is 14.6 Å². The molecule has 1 saturated carbocycles. The summed E-state index contributed by atoms with van der Waals surface area (Å²) in [5, 5.41) is 6.26. The average molecular weight is 345 g/mol. The first-order valence-corrected chi connectivity index (χ1v) is 9.62. The molecule has 2 aromatic rings. The van der Waals surface area contributed by atoms with Crippen molar-refractivity contribution in [2.75, 3.05) is 19.6 Å². The van der Waals surface area contributed by atoms with Crippen LogP contribution in [0.2, 0.25) is 0 Å². The van der Waals surface area contributed by atoms with Crippen molar-refractivity contribution in [1.29, 1.82) is 0 Å². The standard InChI is InChI=1S/C18H23N3O2S/c1-12-2-5-16(23-12)17-20-15(11-24-17)18(22)21-8-6-14(7-9-21)19-10-13-3-4-13/h2,5,11,13-14,19H,3-4,6-10H2,1H3. The van der Waals surface area contributed by atoms with Crippen LogP contribution < -0.4 is 5.32 Å². The fourth-order valence-electron chi connectivity index (χ4n) is 3.14. The molecule has 128 valence electrons. The van der Waals surface area contributed by atoms with Crippen LogP contribution in [0.15, 0.2) is 21.9 Å². The number of likely N-dealkylation sites (tertiary alicyclic amines) is 1. The molecule has 0 aromatic carbocycles. The number of nitrogens with zero attached hydrogens (tertiary/aromatic N) is 2. The molecule has 6 heteroatoms. The van der Waals surface area contributed by atoms with Crippen molar-refractivity contribution in [3.05, 3.63) is 29.0 Å². The van der Waals surface area contributed by atoms with E-state index in [0.29, 0.717) is 11.7 Å². The van der Waals surface area contributed by atoms with Crippen LogP contribution >= 0.6 is 11.3 Å². The Balaban J connectivity index is 1.33. The van der Waals surface area contributed by atoms with Gasteiger partial charge in [-0.2, -0.15) is 0 Å². The van der Waals surface area contributed by atoms with Crippen LogP contribution in [0, 0.1) is 12.8 Å². The summed E-state index contributed by atoms with van der Waals surface area (Å²) in [7, 11) is 0. The number of furan rings is 1. The van der Waals surface area contributed by atoms with E-state index in [0.717, 1.165) is 54.9 Å². The molecule has 0 spiro atoms. The molecule has 2 fully saturated rings. The first kappa shape index (κ1) is 15.8. The molecule has 1 aliphatic heterocycles. The fourth-order valence-corrected chi connectivity index (χ4v) is 3.89. The zero-order chi connectivity index (χ0) is 16.5. The van der Waals surface area contributed by atoms with Gasteiger partial charge in [0, 0.05) is 24.5 Å². The van der Waals surface area contributed by atoms with Gasteiger partial charge in [0.2, 0.25) is 0 Å². The Hall–Kier alpha value is -1.66. The summed E-state index contributed by atoms with van der Waals surface area (Å²) >= 11 is 1.46. The van der Waals surface area contributed by atoms with Crippen LogP contribution in [0.3, 0.4) is 0 Å². The Bertz CT molecular complexity index is 711. The number of hydrogen-bond acceptors (Lipinski definition) is 5. The molecule has 2 aromatic heterocycles. The van der Waals surface area contributed by atoms with Gasteiger partial charge in [0.05, 0.1) is 0 Å². The van der Waals surface area contributed by atoms with Gasteiger partial charge in [-0.25, -0.2) is 4.98 Å². The van der Waals surface area contributed by atoms with Crippen molar-refractivity contribution in [3.8, 4) is 10.8 Å². The molecular formula is C18H23N3O2S. The first-order valence-electron chi connectivity index (χ1n) is 8.74. The van der Waals surface area contributed by atoms with Gasteiger partial charge in [-0.1, -0.05) is 0 Å².